The molecule has 0 aliphatic carbocycles. The van der Waals surface area contributed by atoms with Crippen molar-refractivity contribution in [2.75, 3.05) is 18.5 Å². The van der Waals surface area contributed by atoms with Gasteiger partial charge in [-0.1, -0.05) is 12.1 Å². The summed E-state index contributed by atoms with van der Waals surface area (Å²) in [4.78, 5) is 22.9. The summed E-state index contributed by atoms with van der Waals surface area (Å²) in [5.74, 6) is -1.07. The average molecular weight is 280 g/mol. The van der Waals surface area contributed by atoms with E-state index in [0.717, 1.165) is 0 Å². The molecule has 6 nitrogen and oxygen atoms in total. The maximum absolute atomic E-state index is 11.7. The molecule has 0 saturated heterocycles. The third-order valence-corrected chi connectivity index (χ3v) is 2.74. The lowest BCUT2D eigenvalue weighted by Gasteiger charge is -2.14. The van der Waals surface area contributed by atoms with E-state index in [9.17, 15) is 9.59 Å². The fraction of sp³-hybridized carbons (Fsp3) is 0.429. The van der Waals surface area contributed by atoms with Gasteiger partial charge in [0.25, 0.3) is 0 Å². The number of benzene rings is 1. The molecule has 0 radical (unpaired) electrons. The first-order chi connectivity index (χ1) is 9.45. The molecule has 1 atom stereocenters. The highest BCUT2D eigenvalue weighted by Crippen LogP contribution is 2.19. The Bertz CT molecular complexity index is 488. The molecule has 6 heteroatoms. The highest BCUT2D eigenvalue weighted by atomic mass is 16.5. The molecule has 1 aromatic rings. The average Bonchev–Trinajstić information content (AvgIpc) is 2.36. The van der Waals surface area contributed by atoms with Crippen molar-refractivity contribution in [2.24, 2.45) is 0 Å². The van der Waals surface area contributed by atoms with Gasteiger partial charge in [0.1, 0.15) is 0 Å². The van der Waals surface area contributed by atoms with Gasteiger partial charge in [-0.25, -0.2) is 9.59 Å². The Kier molecular flexibility index (Phi) is 5.99. The standard InChI is InChI=1S/C14H20N2O4/c1-4-20-10(3)8-15-14(19)16-11-7-5-6-9(2)12(11)13(17)18/h5-7,10H,4,8H2,1-3H3,(H,17,18)(H2,15,16,19). The number of aryl methyl sites for hydroxylation is 1. The fourth-order valence-electron chi connectivity index (χ4n) is 1.80. The van der Waals surface area contributed by atoms with Gasteiger partial charge in [0.2, 0.25) is 0 Å². The van der Waals surface area contributed by atoms with Gasteiger partial charge in [0.15, 0.2) is 0 Å². The summed E-state index contributed by atoms with van der Waals surface area (Å²) in [5.41, 5.74) is 0.970. The van der Waals surface area contributed by atoms with Gasteiger partial charge >= 0.3 is 12.0 Å². The van der Waals surface area contributed by atoms with Crippen molar-refractivity contribution in [1.82, 2.24) is 5.32 Å². The number of ether oxygens (including phenoxy) is 1. The van der Waals surface area contributed by atoms with E-state index in [1.54, 1.807) is 25.1 Å². The lowest BCUT2D eigenvalue weighted by molar-refractivity contribution is 0.0697. The number of rotatable bonds is 6. The minimum Gasteiger partial charge on any atom is -0.478 e. The van der Waals surface area contributed by atoms with Crippen LogP contribution in [0.4, 0.5) is 10.5 Å². The number of aromatic carboxylic acids is 1. The summed E-state index contributed by atoms with van der Waals surface area (Å²) in [6.45, 7) is 6.34. The zero-order valence-corrected chi connectivity index (χ0v) is 11.9. The van der Waals surface area contributed by atoms with Crippen molar-refractivity contribution in [2.45, 2.75) is 26.9 Å². The molecule has 20 heavy (non-hydrogen) atoms. The van der Waals surface area contributed by atoms with Crippen LogP contribution in [0.3, 0.4) is 0 Å². The first-order valence-corrected chi connectivity index (χ1v) is 6.45. The summed E-state index contributed by atoms with van der Waals surface area (Å²) in [7, 11) is 0. The number of nitrogens with one attached hydrogen (secondary N) is 2. The number of hydrogen-bond donors (Lipinski definition) is 3. The number of carbonyl (C=O) groups excluding carboxylic acids is 1. The summed E-state index contributed by atoms with van der Waals surface area (Å²) in [5, 5.41) is 14.3. The maximum Gasteiger partial charge on any atom is 0.338 e. The van der Waals surface area contributed by atoms with Crippen LogP contribution in [-0.2, 0) is 4.74 Å². The van der Waals surface area contributed by atoms with Crippen molar-refractivity contribution in [3.8, 4) is 0 Å². The van der Waals surface area contributed by atoms with Crippen LogP contribution in [0.2, 0.25) is 0 Å². The number of carboxylic acids is 1. The largest absolute Gasteiger partial charge is 0.478 e. The highest BCUT2D eigenvalue weighted by Gasteiger charge is 2.15. The molecule has 1 aromatic carbocycles. The minimum atomic E-state index is -1.07. The monoisotopic (exact) mass is 280 g/mol. The smallest absolute Gasteiger partial charge is 0.338 e. The molecule has 0 aliphatic rings. The fourth-order valence-corrected chi connectivity index (χ4v) is 1.80. The Balaban J connectivity index is 2.67. The number of carboxylic acid groups (broad SMARTS) is 1. The molecule has 3 N–H and O–H groups in total. The second kappa shape index (κ2) is 7.49. The van der Waals surface area contributed by atoms with Crippen LogP contribution in [0.15, 0.2) is 18.2 Å². The third-order valence-electron chi connectivity index (χ3n) is 2.74. The van der Waals surface area contributed by atoms with Crippen molar-refractivity contribution in [1.29, 1.82) is 0 Å². The molecule has 110 valence electrons. The van der Waals surface area contributed by atoms with Crippen LogP contribution in [0.1, 0.15) is 29.8 Å². The number of hydrogen-bond acceptors (Lipinski definition) is 3. The van der Waals surface area contributed by atoms with E-state index in [2.05, 4.69) is 10.6 Å². The number of carbonyl (C=O) groups is 2. The van der Waals surface area contributed by atoms with Gasteiger partial charge < -0.3 is 20.5 Å². The zero-order valence-electron chi connectivity index (χ0n) is 11.9. The summed E-state index contributed by atoms with van der Waals surface area (Å²) in [6.07, 6.45) is -0.0952. The van der Waals surface area contributed by atoms with Gasteiger partial charge in [0, 0.05) is 13.2 Å². The van der Waals surface area contributed by atoms with Crippen LogP contribution in [0.5, 0.6) is 0 Å². The minimum absolute atomic E-state index is 0.0952. The second-order valence-corrected chi connectivity index (χ2v) is 4.40. The maximum atomic E-state index is 11.7. The van der Waals surface area contributed by atoms with Crippen LogP contribution in [0, 0.1) is 6.92 Å². The van der Waals surface area contributed by atoms with Gasteiger partial charge in [0.05, 0.1) is 17.4 Å². The van der Waals surface area contributed by atoms with E-state index in [4.69, 9.17) is 9.84 Å². The third kappa shape index (κ3) is 4.55. The van der Waals surface area contributed by atoms with E-state index in [0.29, 0.717) is 18.7 Å². The predicted octanol–water partition coefficient (Wildman–Crippen LogP) is 2.24. The highest BCUT2D eigenvalue weighted by molar-refractivity contribution is 6.01. The number of amides is 2. The lowest BCUT2D eigenvalue weighted by atomic mass is 10.1. The predicted molar refractivity (Wildman–Crippen MR) is 76.2 cm³/mol. The van der Waals surface area contributed by atoms with Crippen LogP contribution in [-0.4, -0.2) is 36.4 Å². The van der Waals surface area contributed by atoms with Gasteiger partial charge in [-0.05, 0) is 32.4 Å². The molecule has 0 spiro atoms. The Morgan fingerprint density at radius 2 is 2.10 bits per heavy atom. The molecule has 1 rings (SSSR count). The van der Waals surface area contributed by atoms with E-state index < -0.39 is 12.0 Å². The second-order valence-electron chi connectivity index (χ2n) is 4.40. The van der Waals surface area contributed by atoms with E-state index in [-0.39, 0.29) is 17.4 Å². The molecule has 0 aliphatic heterocycles. The van der Waals surface area contributed by atoms with Crippen molar-refractivity contribution in [3.05, 3.63) is 29.3 Å². The zero-order chi connectivity index (χ0) is 15.1. The SMILES string of the molecule is CCOC(C)CNC(=O)Nc1cccc(C)c1C(=O)O. The Hall–Kier alpha value is -2.08. The van der Waals surface area contributed by atoms with Gasteiger partial charge in [-0.15, -0.1) is 0 Å². The number of urea groups is 1. The van der Waals surface area contributed by atoms with Crippen LogP contribution < -0.4 is 10.6 Å². The molecule has 0 aromatic heterocycles. The first kappa shape index (κ1) is 16.0. The molecule has 2 amide bonds. The topological polar surface area (TPSA) is 87.7 Å². The Morgan fingerprint density at radius 3 is 2.70 bits per heavy atom. The van der Waals surface area contributed by atoms with Crippen molar-refractivity contribution < 1.29 is 19.4 Å². The van der Waals surface area contributed by atoms with E-state index in [1.807, 2.05) is 13.8 Å². The van der Waals surface area contributed by atoms with Gasteiger partial charge in [-0.2, -0.15) is 0 Å². The summed E-state index contributed by atoms with van der Waals surface area (Å²) >= 11 is 0. The van der Waals surface area contributed by atoms with Crippen molar-refractivity contribution in [3.63, 3.8) is 0 Å². The quantitative estimate of drug-likeness (QED) is 0.745. The number of anilines is 1. The summed E-state index contributed by atoms with van der Waals surface area (Å²) in [6, 6.07) is 4.48. The van der Waals surface area contributed by atoms with Crippen LogP contribution in [0.25, 0.3) is 0 Å². The molecule has 0 heterocycles. The van der Waals surface area contributed by atoms with E-state index >= 15 is 0 Å². The Labute approximate surface area is 118 Å². The molecular weight excluding hydrogens is 260 g/mol. The molecule has 1 unspecified atom stereocenters. The normalized spacial score (nSPS) is 11.8. The van der Waals surface area contributed by atoms with Gasteiger partial charge in [-0.3, -0.25) is 0 Å². The lowest BCUT2D eigenvalue weighted by Crippen LogP contribution is -2.35. The first-order valence-electron chi connectivity index (χ1n) is 6.45. The summed E-state index contributed by atoms with van der Waals surface area (Å²) < 4.78 is 5.29. The Morgan fingerprint density at radius 1 is 1.40 bits per heavy atom. The molecule has 0 bridgehead atoms. The van der Waals surface area contributed by atoms with Crippen LogP contribution >= 0.6 is 0 Å². The molecular formula is C14H20N2O4. The molecule has 0 saturated carbocycles. The van der Waals surface area contributed by atoms with E-state index in [1.165, 1.54) is 0 Å². The van der Waals surface area contributed by atoms with Crippen molar-refractivity contribution >= 4 is 17.7 Å². The molecule has 0 fully saturated rings.